The molecule has 39 heavy (non-hydrogen) atoms. The summed E-state index contributed by atoms with van der Waals surface area (Å²) in [4.78, 5) is 12.6. The number of carbonyl (C=O) groups excluding carboxylic acids is 1. The van der Waals surface area contributed by atoms with Gasteiger partial charge in [-0.3, -0.25) is 4.79 Å². The summed E-state index contributed by atoms with van der Waals surface area (Å²) in [6, 6.07) is 14.1. The summed E-state index contributed by atoms with van der Waals surface area (Å²) in [5.41, 5.74) is 0.959. The zero-order valence-electron chi connectivity index (χ0n) is 24.6. The van der Waals surface area contributed by atoms with E-state index < -0.39 is 0 Å². The van der Waals surface area contributed by atoms with E-state index in [4.69, 9.17) is 9.47 Å². The highest BCUT2D eigenvalue weighted by Crippen LogP contribution is 2.19. The fraction of sp³-hybridized carbons (Fsp3) is 0.571. The molecule has 0 atom stereocenters. The lowest BCUT2D eigenvalue weighted by atomic mass is 10.1. The Morgan fingerprint density at radius 1 is 0.564 bits per heavy atom. The van der Waals surface area contributed by atoms with E-state index in [0.29, 0.717) is 24.3 Å². The average molecular weight is 536 g/mol. The minimum Gasteiger partial charge on any atom is -0.872 e. The van der Waals surface area contributed by atoms with E-state index >= 15 is 0 Å². The molecule has 0 bridgehead atoms. The van der Waals surface area contributed by atoms with E-state index in [9.17, 15) is 9.90 Å². The molecule has 4 heteroatoms. The van der Waals surface area contributed by atoms with E-state index in [2.05, 4.69) is 13.8 Å². The van der Waals surface area contributed by atoms with Crippen LogP contribution in [0.15, 0.2) is 54.6 Å². The maximum absolute atomic E-state index is 12.6. The molecule has 0 heterocycles. The van der Waals surface area contributed by atoms with Gasteiger partial charge in [0.05, 0.1) is 13.2 Å². The molecular weight excluding hydrogens is 484 g/mol. The quantitative estimate of drug-likeness (QED) is 0.0615. The van der Waals surface area contributed by atoms with E-state index in [-0.39, 0.29) is 11.5 Å². The molecule has 0 aromatic heterocycles. The van der Waals surface area contributed by atoms with Gasteiger partial charge in [-0.05, 0) is 60.9 Å². The van der Waals surface area contributed by atoms with Crippen LogP contribution in [0.1, 0.15) is 133 Å². The van der Waals surface area contributed by atoms with Crippen molar-refractivity contribution >= 4 is 11.5 Å². The van der Waals surface area contributed by atoms with Crippen LogP contribution in [0.25, 0.3) is 5.76 Å². The molecule has 0 amide bonds. The number of ether oxygens (including phenoxy) is 2. The van der Waals surface area contributed by atoms with Gasteiger partial charge in [0.15, 0.2) is 5.78 Å². The molecule has 0 aliphatic heterocycles. The Hall–Kier alpha value is -2.75. The van der Waals surface area contributed by atoms with Crippen molar-refractivity contribution in [3.8, 4) is 11.5 Å². The lowest BCUT2D eigenvalue weighted by molar-refractivity contribution is -0.243. The Morgan fingerprint density at radius 2 is 0.923 bits per heavy atom. The lowest BCUT2D eigenvalue weighted by Crippen LogP contribution is -2.06. The normalized spacial score (nSPS) is 11.5. The number of hydrogen-bond donors (Lipinski definition) is 0. The largest absolute Gasteiger partial charge is 0.872 e. The highest BCUT2D eigenvalue weighted by Gasteiger charge is 2.04. The van der Waals surface area contributed by atoms with E-state index in [1.54, 1.807) is 48.5 Å². The zero-order valence-corrected chi connectivity index (χ0v) is 24.6. The predicted octanol–water partition coefficient (Wildman–Crippen LogP) is 9.31. The third-order valence-electron chi connectivity index (χ3n) is 7.07. The van der Waals surface area contributed by atoms with E-state index in [0.717, 1.165) is 30.4 Å². The highest BCUT2D eigenvalue weighted by atomic mass is 16.5. The van der Waals surface area contributed by atoms with Crippen LogP contribution >= 0.6 is 0 Å². The van der Waals surface area contributed by atoms with Crippen LogP contribution in [0.3, 0.4) is 0 Å². The van der Waals surface area contributed by atoms with Crippen LogP contribution in [-0.4, -0.2) is 19.0 Å². The van der Waals surface area contributed by atoms with Crippen molar-refractivity contribution in [3.05, 3.63) is 65.7 Å². The average Bonchev–Trinajstić information content (AvgIpc) is 2.96. The minimum absolute atomic E-state index is 0.301. The summed E-state index contributed by atoms with van der Waals surface area (Å²) in [5.74, 6) is 0.904. The molecule has 0 fully saturated rings. The Bertz CT molecular complexity index is 915. The van der Waals surface area contributed by atoms with Crippen molar-refractivity contribution < 1.29 is 19.4 Å². The van der Waals surface area contributed by atoms with Crippen molar-refractivity contribution in [1.82, 2.24) is 0 Å². The summed E-state index contributed by atoms with van der Waals surface area (Å²) in [7, 11) is 0. The lowest BCUT2D eigenvalue weighted by Gasteiger charge is -2.13. The molecule has 2 rings (SSSR count). The summed E-state index contributed by atoms with van der Waals surface area (Å²) in [6.07, 6.45) is 21.4. The van der Waals surface area contributed by atoms with Crippen molar-refractivity contribution in [2.24, 2.45) is 0 Å². The number of benzene rings is 2. The number of allylic oxidation sites excluding steroid dienone is 1. The van der Waals surface area contributed by atoms with Gasteiger partial charge in [-0.2, -0.15) is 0 Å². The fourth-order valence-electron chi connectivity index (χ4n) is 4.57. The third kappa shape index (κ3) is 14.8. The van der Waals surface area contributed by atoms with Gasteiger partial charge < -0.3 is 14.6 Å². The van der Waals surface area contributed by atoms with Gasteiger partial charge >= 0.3 is 0 Å². The zero-order chi connectivity index (χ0) is 28.0. The molecule has 0 unspecified atom stereocenters. The molecular formula is C35H51O4-. The second-order valence-electron chi connectivity index (χ2n) is 10.6. The molecule has 0 radical (unpaired) electrons. The topological polar surface area (TPSA) is 58.6 Å². The van der Waals surface area contributed by atoms with Gasteiger partial charge in [0.25, 0.3) is 0 Å². The van der Waals surface area contributed by atoms with E-state index in [1.807, 2.05) is 0 Å². The van der Waals surface area contributed by atoms with Crippen molar-refractivity contribution in [2.45, 2.75) is 117 Å². The molecule has 0 aliphatic rings. The SMILES string of the molecule is CCCCCCCCCCOc1ccc(C(=O)/C=C(/[O-])c2ccc(OCCCCCCCCCC)cc2)cc1. The maximum atomic E-state index is 12.6. The maximum Gasteiger partial charge on any atom is 0.185 e. The number of carbonyl (C=O) groups is 1. The van der Waals surface area contributed by atoms with Gasteiger partial charge in [0.2, 0.25) is 0 Å². The fourth-order valence-corrected chi connectivity index (χ4v) is 4.57. The summed E-state index contributed by atoms with van der Waals surface area (Å²) >= 11 is 0. The molecule has 0 spiro atoms. The minimum atomic E-state index is -0.301. The summed E-state index contributed by atoms with van der Waals surface area (Å²) < 4.78 is 11.6. The Balaban J connectivity index is 1.66. The summed E-state index contributed by atoms with van der Waals surface area (Å²) in [6.45, 7) is 5.86. The van der Waals surface area contributed by atoms with Crippen LogP contribution in [0.2, 0.25) is 0 Å². The smallest absolute Gasteiger partial charge is 0.185 e. The van der Waals surface area contributed by atoms with Gasteiger partial charge in [-0.25, -0.2) is 0 Å². The first-order valence-electron chi connectivity index (χ1n) is 15.5. The molecule has 0 aliphatic carbocycles. The van der Waals surface area contributed by atoms with Gasteiger partial charge in [-0.1, -0.05) is 122 Å². The molecule has 0 N–H and O–H groups in total. The van der Waals surface area contributed by atoms with Gasteiger partial charge in [0.1, 0.15) is 11.5 Å². The second kappa shape index (κ2) is 21.1. The molecule has 0 saturated carbocycles. The number of unbranched alkanes of at least 4 members (excludes halogenated alkanes) is 14. The Kier molecular flexibility index (Phi) is 17.6. The number of hydrogen-bond acceptors (Lipinski definition) is 4. The van der Waals surface area contributed by atoms with Gasteiger partial charge in [-0.15, -0.1) is 0 Å². The van der Waals surface area contributed by atoms with Crippen molar-refractivity contribution in [1.29, 1.82) is 0 Å². The van der Waals surface area contributed by atoms with Crippen LogP contribution in [-0.2, 0) is 0 Å². The van der Waals surface area contributed by atoms with Gasteiger partial charge in [0, 0.05) is 5.56 Å². The third-order valence-corrected chi connectivity index (χ3v) is 7.07. The Morgan fingerprint density at radius 3 is 1.33 bits per heavy atom. The first kappa shape index (κ1) is 32.5. The van der Waals surface area contributed by atoms with Crippen molar-refractivity contribution in [3.63, 3.8) is 0 Å². The molecule has 2 aromatic rings. The monoisotopic (exact) mass is 535 g/mol. The van der Waals surface area contributed by atoms with Crippen LogP contribution in [0.4, 0.5) is 0 Å². The first-order chi connectivity index (χ1) is 19.1. The number of rotatable bonds is 23. The molecule has 2 aromatic carbocycles. The second-order valence-corrected chi connectivity index (χ2v) is 10.6. The predicted molar refractivity (Wildman–Crippen MR) is 161 cm³/mol. The Labute approximate surface area is 237 Å². The summed E-state index contributed by atoms with van der Waals surface area (Å²) in [5, 5.41) is 12.6. The molecule has 216 valence electrons. The highest BCUT2D eigenvalue weighted by molar-refractivity contribution is 6.07. The van der Waals surface area contributed by atoms with Crippen LogP contribution < -0.4 is 14.6 Å². The van der Waals surface area contributed by atoms with E-state index in [1.165, 1.54) is 89.9 Å². The number of ketones is 1. The van der Waals surface area contributed by atoms with Crippen LogP contribution in [0.5, 0.6) is 11.5 Å². The standard InChI is InChI=1S/C35H52O4/c1-3-5-7-9-11-13-15-17-27-38-32-23-19-30(20-24-32)34(36)29-35(37)31-21-25-33(26-22-31)39-28-18-16-14-12-10-8-6-4-2/h19-26,29,36H,3-18,27-28H2,1-2H3/p-1/b34-29+. The molecule has 0 saturated heterocycles. The first-order valence-corrected chi connectivity index (χ1v) is 15.5. The molecule has 4 nitrogen and oxygen atoms in total. The van der Waals surface area contributed by atoms with Crippen LogP contribution in [0, 0.1) is 0 Å². The van der Waals surface area contributed by atoms with Crippen molar-refractivity contribution in [2.75, 3.05) is 13.2 Å².